The molecular formula is C21H20ClFN4O2. The minimum Gasteiger partial charge on any atom is -0.365 e. The van der Waals surface area contributed by atoms with Crippen LogP contribution in [0, 0.1) is 11.7 Å². The molecule has 0 saturated carbocycles. The Balaban J connectivity index is 0.000000166. The summed E-state index contributed by atoms with van der Waals surface area (Å²) in [6.07, 6.45) is 2.86. The summed E-state index contributed by atoms with van der Waals surface area (Å²) in [7, 11) is 0. The number of rotatable bonds is 4. The summed E-state index contributed by atoms with van der Waals surface area (Å²) in [6, 6.07) is 13.9. The lowest BCUT2D eigenvalue weighted by molar-refractivity contribution is -0.119. The van der Waals surface area contributed by atoms with Crippen LogP contribution in [-0.4, -0.2) is 28.6 Å². The number of nitrogens with two attached hydrogens (primary N) is 1. The third-order valence-electron chi connectivity index (χ3n) is 4.52. The van der Waals surface area contributed by atoms with Crippen LogP contribution >= 0.6 is 11.6 Å². The molecule has 1 aliphatic rings. The molecule has 2 aromatic carbocycles. The number of carbonyl (C=O) groups is 2. The van der Waals surface area contributed by atoms with E-state index >= 15 is 0 Å². The largest absolute Gasteiger partial charge is 0.365 e. The predicted molar refractivity (Wildman–Crippen MR) is 109 cm³/mol. The molecule has 6 nitrogen and oxygen atoms in total. The van der Waals surface area contributed by atoms with Gasteiger partial charge in [0, 0.05) is 23.6 Å². The minimum atomic E-state index is -0.637. The highest BCUT2D eigenvalue weighted by molar-refractivity contribution is 6.30. The second-order valence-corrected chi connectivity index (χ2v) is 7.15. The summed E-state index contributed by atoms with van der Waals surface area (Å²) in [5, 5.41) is 9.82. The molecule has 3 aromatic rings. The number of aromatic nitrogens is 2. The molecule has 1 fully saturated rings. The topological polar surface area (TPSA) is 101 Å². The zero-order valence-corrected chi connectivity index (χ0v) is 16.2. The highest BCUT2D eigenvalue weighted by Gasteiger charge is 2.21. The van der Waals surface area contributed by atoms with Crippen molar-refractivity contribution in [3.8, 4) is 11.3 Å². The van der Waals surface area contributed by atoms with Gasteiger partial charge in [0.05, 0.1) is 17.5 Å². The lowest BCUT2D eigenvalue weighted by atomic mass is 9.99. The van der Waals surface area contributed by atoms with Gasteiger partial charge in [-0.15, -0.1) is 0 Å². The molecular weight excluding hydrogens is 395 g/mol. The Labute approximate surface area is 172 Å². The maximum Gasteiger partial charge on any atom is 0.252 e. The van der Waals surface area contributed by atoms with Gasteiger partial charge >= 0.3 is 0 Å². The first-order chi connectivity index (χ1) is 13.9. The molecule has 1 aliphatic heterocycles. The van der Waals surface area contributed by atoms with Crippen molar-refractivity contribution in [2.45, 2.75) is 12.8 Å². The molecule has 150 valence electrons. The number of hydrogen-bond acceptors (Lipinski definition) is 3. The Kier molecular flexibility index (Phi) is 6.61. The summed E-state index contributed by atoms with van der Waals surface area (Å²) < 4.78 is 13.4. The van der Waals surface area contributed by atoms with Crippen molar-refractivity contribution >= 4 is 23.4 Å². The lowest BCUT2D eigenvalue weighted by Gasteiger charge is -2.06. The molecule has 1 aromatic heterocycles. The van der Waals surface area contributed by atoms with Crippen LogP contribution in [0.5, 0.6) is 0 Å². The second kappa shape index (κ2) is 9.34. The van der Waals surface area contributed by atoms with Gasteiger partial charge in [0.1, 0.15) is 5.82 Å². The number of amides is 2. The third-order valence-corrected chi connectivity index (χ3v) is 4.76. The Bertz CT molecular complexity index is 1020. The van der Waals surface area contributed by atoms with Crippen molar-refractivity contribution < 1.29 is 14.0 Å². The predicted octanol–water partition coefficient (Wildman–Crippen LogP) is 3.33. The highest BCUT2D eigenvalue weighted by atomic mass is 35.5. The molecule has 8 heteroatoms. The monoisotopic (exact) mass is 414 g/mol. The van der Waals surface area contributed by atoms with Crippen molar-refractivity contribution in [1.82, 2.24) is 15.5 Å². The summed E-state index contributed by atoms with van der Waals surface area (Å²) in [5.41, 5.74) is 7.10. The smallest absolute Gasteiger partial charge is 0.252 e. The van der Waals surface area contributed by atoms with Gasteiger partial charge in [0.25, 0.3) is 5.91 Å². The fraction of sp³-hybridized carbons (Fsp3) is 0.190. The molecule has 4 N–H and O–H groups in total. The van der Waals surface area contributed by atoms with E-state index in [4.69, 9.17) is 17.3 Å². The fourth-order valence-electron chi connectivity index (χ4n) is 3.15. The van der Waals surface area contributed by atoms with Crippen LogP contribution in [0.2, 0.25) is 5.02 Å². The van der Waals surface area contributed by atoms with E-state index < -0.39 is 11.7 Å². The molecule has 1 unspecified atom stereocenters. The van der Waals surface area contributed by atoms with Crippen LogP contribution in [0.15, 0.2) is 54.7 Å². The van der Waals surface area contributed by atoms with Crippen molar-refractivity contribution in [3.63, 3.8) is 0 Å². The van der Waals surface area contributed by atoms with Crippen LogP contribution in [0.1, 0.15) is 22.3 Å². The average molecular weight is 415 g/mol. The van der Waals surface area contributed by atoms with E-state index in [2.05, 4.69) is 21.6 Å². The van der Waals surface area contributed by atoms with E-state index in [-0.39, 0.29) is 17.0 Å². The van der Waals surface area contributed by atoms with E-state index in [1.165, 1.54) is 17.8 Å². The number of benzene rings is 2. The first kappa shape index (κ1) is 20.5. The SMILES string of the molecule is NC(=O)c1cn[nH]c1-c1ccccc1F.O=C1CC(Cc2cccc(Cl)c2)CN1. The van der Waals surface area contributed by atoms with Crippen LogP contribution in [0.25, 0.3) is 11.3 Å². The maximum atomic E-state index is 13.4. The molecule has 0 bridgehead atoms. The standard InChI is InChI=1S/C11H12ClNO.C10H8FN3O/c12-10-3-1-2-8(5-10)4-9-6-11(14)13-7-9;11-8-4-2-1-3-6(8)9-7(10(12)15)5-13-14-9/h1-3,5,9H,4,6-7H2,(H,13,14);1-5H,(H2,12,15)(H,13,14). The number of primary amides is 1. The molecule has 4 rings (SSSR count). The molecule has 1 saturated heterocycles. The van der Waals surface area contributed by atoms with E-state index in [9.17, 15) is 14.0 Å². The quantitative estimate of drug-likeness (QED) is 0.610. The number of hydrogen-bond donors (Lipinski definition) is 3. The first-order valence-corrected chi connectivity index (χ1v) is 9.41. The Morgan fingerprint density at radius 3 is 2.69 bits per heavy atom. The highest BCUT2D eigenvalue weighted by Crippen LogP contribution is 2.23. The maximum absolute atomic E-state index is 13.4. The molecule has 1 atom stereocenters. The summed E-state index contributed by atoms with van der Waals surface area (Å²) in [6.45, 7) is 0.797. The van der Waals surface area contributed by atoms with Gasteiger partial charge in [0.2, 0.25) is 5.91 Å². The van der Waals surface area contributed by atoms with E-state index in [0.29, 0.717) is 18.0 Å². The van der Waals surface area contributed by atoms with Gasteiger partial charge < -0.3 is 11.1 Å². The van der Waals surface area contributed by atoms with E-state index in [1.54, 1.807) is 18.2 Å². The van der Waals surface area contributed by atoms with Crippen molar-refractivity contribution in [3.05, 3.63) is 76.7 Å². The van der Waals surface area contributed by atoms with Crippen LogP contribution in [0.3, 0.4) is 0 Å². The van der Waals surface area contributed by atoms with E-state index in [0.717, 1.165) is 18.0 Å². The summed E-state index contributed by atoms with van der Waals surface area (Å²) in [4.78, 5) is 22.0. The molecule has 2 heterocycles. The Morgan fingerprint density at radius 2 is 2.03 bits per heavy atom. The molecule has 0 spiro atoms. The van der Waals surface area contributed by atoms with Crippen LogP contribution < -0.4 is 11.1 Å². The molecule has 2 amide bonds. The van der Waals surface area contributed by atoms with Gasteiger partial charge in [-0.05, 0) is 42.2 Å². The van der Waals surface area contributed by atoms with Crippen LogP contribution in [-0.2, 0) is 11.2 Å². The Morgan fingerprint density at radius 1 is 1.24 bits per heavy atom. The zero-order chi connectivity index (χ0) is 20.8. The minimum absolute atomic E-state index is 0.164. The van der Waals surface area contributed by atoms with Gasteiger partial charge in [0.15, 0.2) is 0 Å². The normalized spacial score (nSPS) is 15.4. The number of halogens is 2. The lowest BCUT2D eigenvalue weighted by Crippen LogP contribution is -2.14. The van der Waals surface area contributed by atoms with Crippen LogP contribution in [0.4, 0.5) is 4.39 Å². The molecule has 0 aliphatic carbocycles. The zero-order valence-electron chi connectivity index (χ0n) is 15.5. The number of nitrogens with one attached hydrogen (secondary N) is 2. The third kappa shape index (κ3) is 5.42. The van der Waals surface area contributed by atoms with Crippen molar-refractivity contribution in [2.24, 2.45) is 11.7 Å². The first-order valence-electron chi connectivity index (χ1n) is 9.03. The van der Waals surface area contributed by atoms with Gasteiger partial charge in [-0.2, -0.15) is 5.10 Å². The van der Waals surface area contributed by atoms with Gasteiger partial charge in [-0.1, -0.05) is 35.9 Å². The number of aromatic amines is 1. The summed E-state index contributed by atoms with van der Waals surface area (Å²) >= 11 is 5.88. The van der Waals surface area contributed by atoms with Gasteiger partial charge in [-0.25, -0.2) is 4.39 Å². The van der Waals surface area contributed by atoms with Crippen molar-refractivity contribution in [2.75, 3.05) is 6.54 Å². The Hall–Kier alpha value is -3.19. The molecule has 0 radical (unpaired) electrons. The van der Waals surface area contributed by atoms with Gasteiger partial charge in [-0.3, -0.25) is 14.7 Å². The second-order valence-electron chi connectivity index (χ2n) is 6.71. The number of H-pyrrole nitrogens is 1. The van der Waals surface area contributed by atoms with Crippen molar-refractivity contribution in [1.29, 1.82) is 0 Å². The summed E-state index contributed by atoms with van der Waals surface area (Å²) in [5.74, 6) is -0.468. The molecule has 29 heavy (non-hydrogen) atoms. The van der Waals surface area contributed by atoms with E-state index in [1.807, 2.05) is 18.2 Å². The fourth-order valence-corrected chi connectivity index (χ4v) is 3.36. The average Bonchev–Trinajstić information content (AvgIpc) is 3.32. The number of carbonyl (C=O) groups excluding carboxylic acids is 2. The number of nitrogens with zero attached hydrogens (tertiary/aromatic N) is 1.